The Hall–Kier alpha value is -2.70. The van der Waals surface area contributed by atoms with Crippen LogP contribution in [0.1, 0.15) is 29.8 Å². The van der Waals surface area contributed by atoms with Crippen molar-refractivity contribution in [3.05, 3.63) is 23.3 Å². The minimum atomic E-state index is -1.15. The zero-order valence-corrected chi connectivity index (χ0v) is 12.0. The molecule has 0 radical (unpaired) electrons. The number of rotatable bonds is 2. The Bertz CT molecular complexity index is 688. The summed E-state index contributed by atoms with van der Waals surface area (Å²) in [5.41, 5.74) is 0.521. The lowest BCUT2D eigenvalue weighted by Gasteiger charge is -2.34. The number of cyclic esters (lactones) is 1. The van der Waals surface area contributed by atoms with Crippen LogP contribution in [0.5, 0.6) is 17.2 Å². The molecule has 0 bridgehead atoms. The summed E-state index contributed by atoms with van der Waals surface area (Å²) in [5, 5.41) is 8.80. The van der Waals surface area contributed by atoms with Crippen LogP contribution < -0.4 is 14.2 Å². The van der Waals surface area contributed by atoms with Gasteiger partial charge < -0.3 is 24.1 Å². The van der Waals surface area contributed by atoms with E-state index in [-0.39, 0.29) is 17.1 Å². The van der Waals surface area contributed by atoms with Crippen LogP contribution in [0.15, 0.2) is 12.1 Å². The fourth-order valence-electron chi connectivity index (χ4n) is 2.31. The molecule has 2 heterocycles. The SMILES string of the molecule is CC1(C)OC(=O)c2c(c(/C=C/C(=O)O)cc3c2OCCO3)O1. The smallest absolute Gasteiger partial charge is 0.349 e. The highest BCUT2D eigenvalue weighted by Crippen LogP contribution is 2.46. The topological polar surface area (TPSA) is 91.3 Å². The quantitative estimate of drug-likeness (QED) is 0.658. The second-order valence-electron chi connectivity index (χ2n) is 5.26. The predicted octanol–water partition coefficient (Wildman–Crippen LogP) is 1.84. The fourth-order valence-corrected chi connectivity index (χ4v) is 2.31. The van der Waals surface area contributed by atoms with Crippen LogP contribution in [-0.4, -0.2) is 36.0 Å². The molecule has 0 unspecified atom stereocenters. The maximum absolute atomic E-state index is 12.3. The van der Waals surface area contributed by atoms with Crippen molar-refractivity contribution in [3.63, 3.8) is 0 Å². The molecular formula is C15H14O7. The first-order valence-electron chi connectivity index (χ1n) is 6.67. The number of hydrogen-bond acceptors (Lipinski definition) is 6. The average molecular weight is 306 g/mol. The summed E-state index contributed by atoms with van der Waals surface area (Å²) in [4.78, 5) is 23.0. The van der Waals surface area contributed by atoms with Crippen LogP contribution in [0.25, 0.3) is 6.08 Å². The second kappa shape index (κ2) is 4.94. The molecule has 0 amide bonds. The van der Waals surface area contributed by atoms with E-state index in [1.165, 1.54) is 6.08 Å². The van der Waals surface area contributed by atoms with Gasteiger partial charge in [-0.15, -0.1) is 0 Å². The summed E-state index contributed by atoms with van der Waals surface area (Å²) in [7, 11) is 0. The Morgan fingerprint density at radius 2 is 1.95 bits per heavy atom. The molecule has 0 aliphatic carbocycles. The first kappa shape index (κ1) is 14.2. The van der Waals surface area contributed by atoms with Gasteiger partial charge >= 0.3 is 11.9 Å². The molecule has 0 aromatic heterocycles. The van der Waals surface area contributed by atoms with Gasteiger partial charge in [0.2, 0.25) is 5.79 Å². The van der Waals surface area contributed by atoms with E-state index in [2.05, 4.69) is 0 Å². The fraction of sp³-hybridized carbons (Fsp3) is 0.333. The molecule has 0 fully saturated rings. The number of carboxylic acids is 1. The first-order chi connectivity index (χ1) is 10.4. The zero-order chi connectivity index (χ0) is 15.9. The maximum Gasteiger partial charge on any atom is 0.349 e. The van der Waals surface area contributed by atoms with E-state index in [9.17, 15) is 9.59 Å². The van der Waals surface area contributed by atoms with Crippen LogP contribution in [-0.2, 0) is 9.53 Å². The number of carboxylic acid groups (broad SMARTS) is 1. The first-order valence-corrected chi connectivity index (χ1v) is 6.67. The van der Waals surface area contributed by atoms with Gasteiger partial charge in [-0.2, -0.15) is 0 Å². The summed E-state index contributed by atoms with van der Waals surface area (Å²) in [6, 6.07) is 1.58. The van der Waals surface area contributed by atoms with Crippen LogP contribution in [0, 0.1) is 0 Å². The average Bonchev–Trinajstić information content (AvgIpc) is 2.43. The molecule has 1 aromatic rings. The lowest BCUT2D eigenvalue weighted by atomic mass is 10.0. The number of hydrogen-bond donors (Lipinski definition) is 1. The number of fused-ring (bicyclic) bond motifs is 3. The van der Waals surface area contributed by atoms with E-state index in [0.29, 0.717) is 24.5 Å². The molecule has 22 heavy (non-hydrogen) atoms. The molecule has 0 spiro atoms. The number of carbonyl (C=O) groups is 2. The standard InChI is InChI=1S/C15H14O7/c1-15(2)21-12-8(3-4-10(16)17)7-9-13(20-6-5-19-9)11(12)14(18)22-15/h3-4,7H,5-6H2,1-2H3,(H,16,17)/b4-3+. The van der Waals surface area contributed by atoms with Gasteiger partial charge in [-0.3, -0.25) is 0 Å². The van der Waals surface area contributed by atoms with Gasteiger partial charge in [0.05, 0.1) is 0 Å². The van der Waals surface area contributed by atoms with Crippen LogP contribution in [0.3, 0.4) is 0 Å². The number of aliphatic carboxylic acids is 1. The van der Waals surface area contributed by atoms with Gasteiger partial charge in [-0.1, -0.05) is 0 Å². The molecule has 2 aliphatic heterocycles. The van der Waals surface area contributed by atoms with Crippen molar-refractivity contribution in [2.75, 3.05) is 13.2 Å². The van der Waals surface area contributed by atoms with Crippen LogP contribution >= 0.6 is 0 Å². The normalized spacial score (nSPS) is 18.4. The summed E-state index contributed by atoms with van der Waals surface area (Å²) >= 11 is 0. The molecule has 0 atom stereocenters. The number of ether oxygens (including phenoxy) is 4. The summed E-state index contributed by atoms with van der Waals surface area (Å²) in [5.74, 6) is -2.02. The van der Waals surface area contributed by atoms with Crippen molar-refractivity contribution in [2.24, 2.45) is 0 Å². The van der Waals surface area contributed by atoms with Crippen molar-refractivity contribution in [1.29, 1.82) is 0 Å². The molecule has 0 saturated heterocycles. The lowest BCUT2D eigenvalue weighted by Crippen LogP contribution is -2.39. The molecule has 7 nitrogen and oxygen atoms in total. The number of benzene rings is 1. The van der Waals surface area contributed by atoms with Crippen molar-refractivity contribution < 1.29 is 33.6 Å². The zero-order valence-electron chi connectivity index (χ0n) is 12.0. The van der Waals surface area contributed by atoms with E-state index in [1.54, 1.807) is 19.9 Å². The monoisotopic (exact) mass is 306 g/mol. The third-order valence-electron chi connectivity index (χ3n) is 3.11. The highest BCUT2D eigenvalue weighted by atomic mass is 16.7. The Morgan fingerprint density at radius 3 is 2.68 bits per heavy atom. The maximum atomic E-state index is 12.3. The molecular weight excluding hydrogens is 292 g/mol. The van der Waals surface area contributed by atoms with Gasteiger partial charge in [-0.05, 0) is 12.1 Å². The number of carbonyl (C=O) groups excluding carboxylic acids is 1. The third kappa shape index (κ3) is 2.45. The Labute approximate surface area is 126 Å². The summed E-state index contributed by atoms with van der Waals surface area (Å²) < 4.78 is 21.9. The van der Waals surface area contributed by atoms with Crippen molar-refractivity contribution in [1.82, 2.24) is 0 Å². The van der Waals surface area contributed by atoms with Gasteiger partial charge in [0, 0.05) is 25.5 Å². The van der Waals surface area contributed by atoms with E-state index in [1.807, 2.05) is 0 Å². The van der Waals surface area contributed by atoms with Gasteiger partial charge in [0.1, 0.15) is 24.5 Å². The Balaban J connectivity index is 2.21. The molecule has 0 saturated carbocycles. The van der Waals surface area contributed by atoms with Gasteiger partial charge in [0.15, 0.2) is 11.5 Å². The van der Waals surface area contributed by atoms with Gasteiger partial charge in [0.25, 0.3) is 0 Å². The Kier molecular flexibility index (Phi) is 3.20. The highest BCUT2D eigenvalue weighted by molar-refractivity contribution is 6.00. The van der Waals surface area contributed by atoms with E-state index in [4.69, 9.17) is 24.1 Å². The highest BCUT2D eigenvalue weighted by Gasteiger charge is 2.39. The molecule has 7 heteroatoms. The lowest BCUT2D eigenvalue weighted by molar-refractivity contribution is -0.131. The minimum absolute atomic E-state index is 0.113. The predicted molar refractivity (Wildman–Crippen MR) is 74.2 cm³/mol. The second-order valence-corrected chi connectivity index (χ2v) is 5.26. The van der Waals surface area contributed by atoms with Gasteiger partial charge in [-0.25, -0.2) is 9.59 Å². The number of esters is 1. The molecule has 1 N–H and O–H groups in total. The van der Waals surface area contributed by atoms with E-state index in [0.717, 1.165) is 6.08 Å². The van der Waals surface area contributed by atoms with Crippen LogP contribution in [0.2, 0.25) is 0 Å². The minimum Gasteiger partial charge on any atom is -0.486 e. The van der Waals surface area contributed by atoms with E-state index < -0.39 is 17.7 Å². The molecule has 3 rings (SSSR count). The molecule has 1 aromatic carbocycles. The third-order valence-corrected chi connectivity index (χ3v) is 3.11. The Morgan fingerprint density at radius 1 is 1.23 bits per heavy atom. The van der Waals surface area contributed by atoms with E-state index >= 15 is 0 Å². The summed E-state index contributed by atoms with van der Waals surface area (Å²) in [6.07, 6.45) is 2.30. The van der Waals surface area contributed by atoms with Crippen molar-refractivity contribution in [2.45, 2.75) is 19.6 Å². The van der Waals surface area contributed by atoms with Crippen LogP contribution in [0.4, 0.5) is 0 Å². The van der Waals surface area contributed by atoms with Crippen molar-refractivity contribution >= 4 is 18.0 Å². The van der Waals surface area contributed by atoms with Crippen molar-refractivity contribution in [3.8, 4) is 17.2 Å². The molecule has 2 aliphatic rings. The summed E-state index contributed by atoms with van der Waals surface area (Å²) in [6.45, 7) is 3.83. The largest absolute Gasteiger partial charge is 0.486 e. The molecule has 116 valence electrons.